The molecular weight excluding hydrogens is 490 g/mol. The first-order valence-electron chi connectivity index (χ1n) is 13.6. The lowest BCUT2D eigenvalue weighted by Crippen LogP contribution is -2.39. The van der Waals surface area contributed by atoms with Gasteiger partial charge in [0.1, 0.15) is 5.82 Å². The van der Waals surface area contributed by atoms with Crippen LogP contribution in [0.1, 0.15) is 89.5 Å². The van der Waals surface area contributed by atoms with Crippen LogP contribution in [0.2, 0.25) is 0 Å². The minimum Gasteiger partial charge on any atom is -0.317 e. The van der Waals surface area contributed by atoms with Crippen molar-refractivity contribution >= 4 is 0 Å². The van der Waals surface area contributed by atoms with Crippen molar-refractivity contribution in [2.75, 3.05) is 0 Å². The van der Waals surface area contributed by atoms with Gasteiger partial charge in [-0.2, -0.15) is 8.78 Å². The Balaban J connectivity index is 1.32. The van der Waals surface area contributed by atoms with Crippen LogP contribution >= 0.6 is 0 Å². The first-order valence-corrected chi connectivity index (χ1v) is 13.6. The van der Waals surface area contributed by atoms with Gasteiger partial charge in [0.25, 0.3) is 0 Å². The van der Waals surface area contributed by atoms with Crippen molar-refractivity contribution < 1.29 is 31.1 Å². The highest BCUT2D eigenvalue weighted by molar-refractivity contribution is 5.65. The van der Waals surface area contributed by atoms with E-state index in [4.69, 9.17) is 4.74 Å². The Bertz CT molecular complexity index is 1030. The maximum absolute atomic E-state index is 15.0. The molecule has 0 heterocycles. The number of hydrogen-bond donors (Lipinski definition) is 0. The highest BCUT2D eigenvalue weighted by atomic mass is 19.3. The van der Waals surface area contributed by atoms with Crippen LogP contribution in [0, 0.1) is 41.0 Å². The molecule has 2 aromatic rings. The second kappa shape index (κ2) is 11.8. The Kier molecular flexibility index (Phi) is 8.93. The average Bonchev–Trinajstić information content (AvgIpc) is 2.88. The van der Waals surface area contributed by atoms with E-state index in [2.05, 4.69) is 13.8 Å². The number of halogens is 6. The van der Waals surface area contributed by atoms with Crippen molar-refractivity contribution in [2.45, 2.75) is 96.2 Å². The van der Waals surface area contributed by atoms with E-state index >= 15 is 0 Å². The largest absolute Gasteiger partial charge is 0.358 e. The van der Waals surface area contributed by atoms with Gasteiger partial charge in [0.2, 0.25) is 0 Å². The summed E-state index contributed by atoms with van der Waals surface area (Å²) in [7, 11) is 0. The van der Waals surface area contributed by atoms with Gasteiger partial charge in [-0.1, -0.05) is 38.8 Å². The van der Waals surface area contributed by atoms with Crippen LogP contribution in [0.25, 0.3) is 11.1 Å². The van der Waals surface area contributed by atoms with E-state index < -0.39 is 41.4 Å². The summed E-state index contributed by atoms with van der Waals surface area (Å²) in [6.45, 7) is 4.34. The highest BCUT2D eigenvalue weighted by Crippen LogP contribution is 2.45. The van der Waals surface area contributed by atoms with Gasteiger partial charge in [-0.3, -0.25) is 0 Å². The number of alkyl halides is 2. The Hall–Kier alpha value is -2.02. The second-order valence-electron chi connectivity index (χ2n) is 10.8. The van der Waals surface area contributed by atoms with Crippen molar-refractivity contribution in [3.8, 4) is 11.1 Å². The minimum atomic E-state index is -3.14. The van der Waals surface area contributed by atoms with Crippen molar-refractivity contribution in [1.29, 1.82) is 0 Å². The van der Waals surface area contributed by atoms with Crippen molar-refractivity contribution in [3.05, 3.63) is 59.2 Å². The molecule has 2 aromatic carbocycles. The molecule has 204 valence electrons. The molecule has 0 atom stereocenters. The summed E-state index contributed by atoms with van der Waals surface area (Å²) >= 11 is 0. The molecule has 0 bridgehead atoms. The van der Waals surface area contributed by atoms with E-state index in [1.165, 1.54) is 12.1 Å². The average molecular weight is 527 g/mol. The molecule has 0 N–H and O–H groups in total. The molecule has 4 rings (SSSR count). The highest BCUT2D eigenvalue weighted by Gasteiger charge is 2.45. The Labute approximate surface area is 215 Å². The summed E-state index contributed by atoms with van der Waals surface area (Å²) in [6, 6.07) is 5.93. The van der Waals surface area contributed by atoms with Crippen molar-refractivity contribution in [2.24, 2.45) is 17.8 Å². The van der Waals surface area contributed by atoms with Gasteiger partial charge in [0.05, 0.1) is 12.0 Å². The molecule has 0 spiro atoms. The van der Waals surface area contributed by atoms with Gasteiger partial charge in [0, 0.05) is 5.56 Å². The molecule has 0 saturated heterocycles. The first kappa shape index (κ1) is 28.0. The monoisotopic (exact) mass is 526 g/mol. The smallest absolute Gasteiger partial charge is 0.317 e. The van der Waals surface area contributed by atoms with Gasteiger partial charge in [0.15, 0.2) is 17.5 Å². The molecule has 37 heavy (non-hydrogen) atoms. The molecule has 1 nitrogen and oxygen atoms in total. The second-order valence-corrected chi connectivity index (χ2v) is 10.8. The van der Waals surface area contributed by atoms with Crippen LogP contribution in [0.15, 0.2) is 30.3 Å². The molecule has 0 unspecified atom stereocenters. The standard InChI is InChI=1S/C30H36F6O/c1-3-18(4-2)19-5-10-23(11-6-19)30(35,36)37-24-12-7-20(8-13-24)21-9-14-25(26(31)15-21)22-16-27(32)29(34)28(33)17-22/h9,14-20,23-24H,3-8,10-13H2,1-2H3. The summed E-state index contributed by atoms with van der Waals surface area (Å²) < 4.78 is 90.6. The zero-order chi connectivity index (χ0) is 26.7. The van der Waals surface area contributed by atoms with Crippen LogP contribution in [0.3, 0.4) is 0 Å². The summed E-state index contributed by atoms with van der Waals surface area (Å²) in [6.07, 6.45) is 3.28. The Morgan fingerprint density at radius 1 is 0.784 bits per heavy atom. The van der Waals surface area contributed by atoms with Crippen molar-refractivity contribution in [1.82, 2.24) is 0 Å². The normalized spacial score (nSPS) is 25.0. The Morgan fingerprint density at radius 2 is 1.38 bits per heavy atom. The van der Waals surface area contributed by atoms with Gasteiger partial charge >= 0.3 is 6.11 Å². The maximum Gasteiger partial charge on any atom is 0.358 e. The van der Waals surface area contributed by atoms with Gasteiger partial charge in [-0.25, -0.2) is 17.6 Å². The number of benzene rings is 2. The van der Waals surface area contributed by atoms with Gasteiger partial charge in [-0.05, 0) is 98.4 Å². The fourth-order valence-electron chi connectivity index (χ4n) is 6.44. The lowest BCUT2D eigenvalue weighted by Gasteiger charge is -2.38. The SMILES string of the molecule is CCC(CC)C1CCC(C(F)(F)OC2CCC(c3ccc(-c4cc(F)c(F)c(F)c4)c(F)c3)CC2)CC1. The van der Waals surface area contributed by atoms with Crippen LogP contribution in [0.5, 0.6) is 0 Å². The molecule has 2 fully saturated rings. The molecule has 2 saturated carbocycles. The van der Waals surface area contributed by atoms with E-state index in [0.29, 0.717) is 55.9 Å². The lowest BCUT2D eigenvalue weighted by molar-refractivity contribution is -0.301. The van der Waals surface area contributed by atoms with E-state index in [1.54, 1.807) is 6.07 Å². The Morgan fingerprint density at radius 3 is 1.92 bits per heavy atom. The molecule has 0 aliphatic heterocycles. The fourth-order valence-corrected chi connectivity index (χ4v) is 6.44. The summed E-state index contributed by atoms with van der Waals surface area (Å²) in [5.41, 5.74) is 0.583. The predicted octanol–water partition coefficient (Wildman–Crippen LogP) is 9.79. The topological polar surface area (TPSA) is 9.23 Å². The van der Waals surface area contributed by atoms with E-state index in [9.17, 15) is 26.3 Å². The van der Waals surface area contributed by atoms with E-state index in [1.807, 2.05) is 0 Å². The lowest BCUT2D eigenvalue weighted by atomic mass is 9.73. The zero-order valence-corrected chi connectivity index (χ0v) is 21.5. The number of ether oxygens (including phenoxy) is 1. The van der Waals surface area contributed by atoms with Gasteiger partial charge < -0.3 is 4.74 Å². The van der Waals surface area contributed by atoms with E-state index in [0.717, 1.165) is 37.8 Å². The predicted molar refractivity (Wildman–Crippen MR) is 132 cm³/mol. The molecule has 0 amide bonds. The van der Waals surface area contributed by atoms with Crippen molar-refractivity contribution in [3.63, 3.8) is 0 Å². The first-order chi connectivity index (χ1) is 17.6. The zero-order valence-electron chi connectivity index (χ0n) is 21.5. The molecule has 2 aliphatic rings. The van der Waals surface area contributed by atoms with Crippen LogP contribution in [-0.4, -0.2) is 12.2 Å². The third-order valence-electron chi connectivity index (χ3n) is 8.72. The molecule has 0 radical (unpaired) electrons. The van der Waals surface area contributed by atoms with Crippen LogP contribution in [-0.2, 0) is 4.74 Å². The molecule has 2 aliphatic carbocycles. The maximum atomic E-state index is 15.0. The van der Waals surface area contributed by atoms with Gasteiger partial charge in [-0.15, -0.1) is 0 Å². The number of rotatable bonds is 8. The number of hydrogen-bond acceptors (Lipinski definition) is 1. The fraction of sp³-hybridized carbons (Fsp3) is 0.600. The van der Waals surface area contributed by atoms with Crippen LogP contribution < -0.4 is 0 Å². The van der Waals surface area contributed by atoms with E-state index in [-0.39, 0.29) is 17.0 Å². The summed E-state index contributed by atoms with van der Waals surface area (Å²) in [5, 5.41) is 0. The summed E-state index contributed by atoms with van der Waals surface area (Å²) in [4.78, 5) is 0. The molecule has 7 heteroatoms. The third-order valence-corrected chi connectivity index (χ3v) is 8.72. The molecular formula is C30H36F6O. The minimum absolute atomic E-state index is 0.0193. The van der Waals surface area contributed by atoms with Crippen LogP contribution in [0.4, 0.5) is 26.3 Å². The quantitative estimate of drug-likeness (QED) is 0.246. The molecule has 0 aromatic heterocycles. The third kappa shape index (κ3) is 6.35. The summed E-state index contributed by atoms with van der Waals surface area (Å²) in [5.74, 6) is -4.64.